The highest BCUT2D eigenvalue weighted by molar-refractivity contribution is 6.31. The van der Waals surface area contributed by atoms with Crippen LogP contribution in [0.15, 0.2) is 24.3 Å². The number of amides is 2. The minimum Gasteiger partial charge on any atom is -0.480 e. The van der Waals surface area contributed by atoms with Crippen molar-refractivity contribution in [2.45, 2.75) is 13.5 Å². The lowest BCUT2D eigenvalue weighted by molar-refractivity contribution is -0.137. The van der Waals surface area contributed by atoms with E-state index < -0.39 is 5.97 Å². The molecule has 0 atom stereocenters. The number of carboxylic acid groups (broad SMARTS) is 1. The molecule has 2 amide bonds. The van der Waals surface area contributed by atoms with Gasteiger partial charge < -0.3 is 14.9 Å². The summed E-state index contributed by atoms with van der Waals surface area (Å²) in [5.74, 6) is -1.03. The number of hydrogen-bond acceptors (Lipinski definition) is 2. The van der Waals surface area contributed by atoms with Crippen molar-refractivity contribution in [2.24, 2.45) is 0 Å². The molecule has 0 aliphatic heterocycles. The van der Waals surface area contributed by atoms with E-state index in [2.05, 4.69) is 0 Å². The molecular weight excluding hydrogens is 268 g/mol. The number of rotatable bonds is 5. The Kier molecular flexibility index (Phi) is 5.63. The van der Waals surface area contributed by atoms with Crippen LogP contribution in [0.25, 0.3) is 0 Å². The van der Waals surface area contributed by atoms with E-state index >= 15 is 0 Å². The highest BCUT2D eigenvalue weighted by atomic mass is 35.5. The number of nitrogens with zero attached hydrogens (tertiary/aromatic N) is 2. The lowest BCUT2D eigenvalue weighted by atomic mass is 10.2. The summed E-state index contributed by atoms with van der Waals surface area (Å²) in [5, 5.41) is 9.33. The van der Waals surface area contributed by atoms with Crippen LogP contribution in [-0.4, -0.2) is 47.0 Å². The van der Waals surface area contributed by atoms with Crippen molar-refractivity contribution in [2.75, 3.05) is 20.1 Å². The summed E-state index contributed by atoms with van der Waals surface area (Å²) in [6.45, 7) is 2.12. The van der Waals surface area contributed by atoms with Crippen LogP contribution in [-0.2, 0) is 11.3 Å². The van der Waals surface area contributed by atoms with Gasteiger partial charge in [0.15, 0.2) is 0 Å². The average Bonchev–Trinajstić information content (AvgIpc) is 2.37. The highest BCUT2D eigenvalue weighted by Crippen LogP contribution is 2.16. The number of benzene rings is 1. The van der Waals surface area contributed by atoms with Crippen LogP contribution in [0.5, 0.6) is 0 Å². The summed E-state index contributed by atoms with van der Waals surface area (Å²) in [4.78, 5) is 25.5. The number of carbonyl (C=O) groups excluding carboxylic acids is 1. The van der Waals surface area contributed by atoms with Gasteiger partial charge in [-0.15, -0.1) is 0 Å². The van der Waals surface area contributed by atoms with E-state index in [0.29, 0.717) is 18.1 Å². The Labute approximate surface area is 117 Å². The molecule has 0 aliphatic rings. The fourth-order valence-electron chi connectivity index (χ4n) is 1.67. The fraction of sp³-hybridized carbons (Fsp3) is 0.385. The van der Waals surface area contributed by atoms with Crippen LogP contribution < -0.4 is 0 Å². The van der Waals surface area contributed by atoms with Gasteiger partial charge in [0.25, 0.3) is 0 Å². The van der Waals surface area contributed by atoms with Gasteiger partial charge in [-0.3, -0.25) is 4.79 Å². The molecule has 6 heteroatoms. The predicted molar refractivity (Wildman–Crippen MR) is 73.2 cm³/mol. The van der Waals surface area contributed by atoms with Gasteiger partial charge in [0, 0.05) is 25.2 Å². The Balaban J connectivity index is 2.71. The first kappa shape index (κ1) is 15.3. The fourth-order valence-corrected chi connectivity index (χ4v) is 1.86. The van der Waals surface area contributed by atoms with Crippen molar-refractivity contribution in [1.82, 2.24) is 9.80 Å². The van der Waals surface area contributed by atoms with Crippen molar-refractivity contribution in [3.8, 4) is 0 Å². The largest absolute Gasteiger partial charge is 0.480 e. The molecular formula is C13H17ClN2O3. The quantitative estimate of drug-likeness (QED) is 0.902. The molecule has 0 saturated carbocycles. The van der Waals surface area contributed by atoms with Crippen molar-refractivity contribution < 1.29 is 14.7 Å². The second-order valence-electron chi connectivity index (χ2n) is 4.14. The maximum atomic E-state index is 12.1. The first-order chi connectivity index (χ1) is 8.95. The van der Waals surface area contributed by atoms with Crippen LogP contribution in [0.4, 0.5) is 4.79 Å². The zero-order valence-electron chi connectivity index (χ0n) is 11.0. The molecule has 0 saturated heterocycles. The van der Waals surface area contributed by atoms with Gasteiger partial charge in [-0.25, -0.2) is 4.79 Å². The molecule has 0 heterocycles. The summed E-state index contributed by atoms with van der Waals surface area (Å²) in [5.41, 5.74) is 0.825. The molecule has 0 bridgehead atoms. The van der Waals surface area contributed by atoms with Gasteiger partial charge in [-0.1, -0.05) is 29.8 Å². The maximum absolute atomic E-state index is 12.1. The van der Waals surface area contributed by atoms with E-state index in [1.54, 1.807) is 20.0 Å². The minimum absolute atomic E-state index is 0.303. The molecule has 0 spiro atoms. The summed E-state index contributed by atoms with van der Waals surface area (Å²) in [7, 11) is 1.62. The molecule has 0 fully saturated rings. The maximum Gasteiger partial charge on any atom is 0.323 e. The Bertz CT molecular complexity index is 465. The Morgan fingerprint density at radius 2 is 1.95 bits per heavy atom. The second kappa shape index (κ2) is 6.99. The van der Waals surface area contributed by atoms with Gasteiger partial charge in [0.2, 0.25) is 0 Å². The van der Waals surface area contributed by atoms with Gasteiger partial charge in [0.1, 0.15) is 6.54 Å². The molecule has 104 valence electrons. The first-order valence-corrected chi connectivity index (χ1v) is 6.28. The number of hydrogen-bond donors (Lipinski definition) is 1. The molecule has 5 nitrogen and oxygen atoms in total. The van der Waals surface area contributed by atoms with E-state index in [1.165, 1.54) is 9.80 Å². The first-order valence-electron chi connectivity index (χ1n) is 5.91. The molecule has 0 radical (unpaired) electrons. The van der Waals surface area contributed by atoms with Gasteiger partial charge >= 0.3 is 12.0 Å². The third-order valence-electron chi connectivity index (χ3n) is 2.67. The molecule has 1 aromatic carbocycles. The van der Waals surface area contributed by atoms with Crippen molar-refractivity contribution in [3.05, 3.63) is 34.9 Å². The summed E-state index contributed by atoms with van der Waals surface area (Å²) in [6, 6.07) is 6.92. The second-order valence-corrected chi connectivity index (χ2v) is 4.55. The van der Waals surface area contributed by atoms with Gasteiger partial charge in [0.05, 0.1) is 0 Å². The average molecular weight is 285 g/mol. The predicted octanol–water partition coefficient (Wildman–Crippen LogP) is 2.30. The third kappa shape index (κ3) is 4.44. The van der Waals surface area contributed by atoms with E-state index in [-0.39, 0.29) is 12.6 Å². The molecule has 0 unspecified atom stereocenters. The molecule has 19 heavy (non-hydrogen) atoms. The highest BCUT2D eigenvalue weighted by Gasteiger charge is 2.19. The Hall–Kier alpha value is -1.75. The zero-order chi connectivity index (χ0) is 14.4. The molecule has 1 rings (SSSR count). The SMILES string of the molecule is CCN(CC(=O)O)C(=O)N(C)Cc1ccccc1Cl. The van der Waals surface area contributed by atoms with Crippen LogP contribution in [0.1, 0.15) is 12.5 Å². The Morgan fingerprint density at radius 1 is 1.32 bits per heavy atom. The standard InChI is InChI=1S/C13H17ClN2O3/c1-3-16(9-12(17)18)13(19)15(2)8-10-6-4-5-7-11(10)14/h4-7H,3,8-9H2,1-2H3,(H,17,18). The number of urea groups is 1. The molecule has 1 aromatic rings. The van der Waals surface area contributed by atoms with E-state index in [4.69, 9.17) is 16.7 Å². The van der Waals surface area contributed by atoms with Gasteiger partial charge in [-0.05, 0) is 18.6 Å². The van der Waals surface area contributed by atoms with Crippen molar-refractivity contribution in [1.29, 1.82) is 0 Å². The molecule has 0 aromatic heterocycles. The molecule has 0 aliphatic carbocycles. The minimum atomic E-state index is -1.03. The van der Waals surface area contributed by atoms with Crippen LogP contribution in [0.3, 0.4) is 0 Å². The molecule has 1 N–H and O–H groups in total. The third-order valence-corrected chi connectivity index (χ3v) is 3.04. The monoisotopic (exact) mass is 284 g/mol. The number of aliphatic carboxylic acids is 1. The van der Waals surface area contributed by atoms with E-state index in [9.17, 15) is 9.59 Å². The van der Waals surface area contributed by atoms with E-state index in [0.717, 1.165) is 5.56 Å². The Morgan fingerprint density at radius 3 is 2.47 bits per heavy atom. The number of carbonyl (C=O) groups is 2. The van der Waals surface area contributed by atoms with Gasteiger partial charge in [-0.2, -0.15) is 0 Å². The van der Waals surface area contributed by atoms with Crippen molar-refractivity contribution >= 4 is 23.6 Å². The normalized spacial score (nSPS) is 10.1. The van der Waals surface area contributed by atoms with Crippen LogP contribution >= 0.6 is 11.6 Å². The number of likely N-dealkylation sites (N-methyl/N-ethyl adjacent to an activating group) is 1. The summed E-state index contributed by atoms with van der Waals surface area (Å²) >= 11 is 6.03. The summed E-state index contributed by atoms with van der Waals surface area (Å²) in [6.07, 6.45) is 0. The number of halogens is 1. The smallest absolute Gasteiger partial charge is 0.323 e. The summed E-state index contributed by atoms with van der Waals surface area (Å²) < 4.78 is 0. The van der Waals surface area contributed by atoms with Crippen LogP contribution in [0.2, 0.25) is 5.02 Å². The zero-order valence-corrected chi connectivity index (χ0v) is 11.7. The van der Waals surface area contributed by atoms with E-state index in [1.807, 2.05) is 18.2 Å². The topological polar surface area (TPSA) is 60.9 Å². The van der Waals surface area contributed by atoms with Crippen molar-refractivity contribution in [3.63, 3.8) is 0 Å². The lowest BCUT2D eigenvalue weighted by Gasteiger charge is -2.26. The number of carboxylic acids is 1. The van der Waals surface area contributed by atoms with Crippen LogP contribution in [0, 0.1) is 0 Å². The lowest BCUT2D eigenvalue weighted by Crippen LogP contribution is -2.43.